The molecule has 94 valence electrons. The third-order valence-corrected chi connectivity index (χ3v) is 4.10. The quantitative estimate of drug-likeness (QED) is 0.648. The first-order chi connectivity index (χ1) is 8.43. The monoisotopic (exact) mass is 263 g/mol. The molecule has 5 heteroatoms. The first-order valence-electron chi connectivity index (χ1n) is 5.54. The van der Waals surface area contributed by atoms with Crippen molar-refractivity contribution in [1.82, 2.24) is 0 Å². The van der Waals surface area contributed by atoms with Gasteiger partial charge in [0.25, 0.3) is 0 Å². The Morgan fingerprint density at radius 2 is 1.94 bits per heavy atom. The lowest BCUT2D eigenvalue weighted by Gasteiger charge is -2.27. The lowest BCUT2D eigenvalue weighted by Crippen LogP contribution is -2.41. The van der Waals surface area contributed by atoms with Crippen LogP contribution in [0.1, 0.15) is 34.6 Å². The molecular formula is C13H13NO3S. The smallest absolute Gasteiger partial charge is 0.177 e. The Hall–Kier alpha value is -1.46. The highest BCUT2D eigenvalue weighted by Gasteiger charge is 2.38. The van der Waals surface area contributed by atoms with E-state index in [9.17, 15) is 14.4 Å². The standard InChI is InChI=1S/C13H13NO3S/c1-6(15)8-4-3-5-9-11(8)12(17)10(7(2)16)13(14)18-9/h3-5,10,13H,14H2,1-2H3. The highest BCUT2D eigenvalue weighted by molar-refractivity contribution is 8.00. The summed E-state index contributed by atoms with van der Waals surface area (Å²) in [6.45, 7) is 2.76. The van der Waals surface area contributed by atoms with Gasteiger partial charge in [-0.15, -0.1) is 11.8 Å². The van der Waals surface area contributed by atoms with E-state index in [0.29, 0.717) is 16.0 Å². The zero-order chi connectivity index (χ0) is 13.4. The van der Waals surface area contributed by atoms with E-state index in [1.165, 1.54) is 25.6 Å². The van der Waals surface area contributed by atoms with Gasteiger partial charge >= 0.3 is 0 Å². The molecule has 1 aromatic carbocycles. The molecule has 1 aliphatic rings. The molecule has 4 nitrogen and oxygen atoms in total. The van der Waals surface area contributed by atoms with Crippen LogP contribution in [0.25, 0.3) is 0 Å². The van der Waals surface area contributed by atoms with Gasteiger partial charge in [-0.25, -0.2) is 0 Å². The Balaban J connectivity index is 2.62. The largest absolute Gasteiger partial charge is 0.318 e. The minimum atomic E-state index is -0.858. The number of ketones is 3. The highest BCUT2D eigenvalue weighted by atomic mass is 32.2. The number of benzene rings is 1. The van der Waals surface area contributed by atoms with E-state index in [1.807, 2.05) is 0 Å². The molecule has 0 aromatic heterocycles. The van der Waals surface area contributed by atoms with Crippen molar-refractivity contribution in [2.24, 2.45) is 11.7 Å². The lowest BCUT2D eigenvalue weighted by molar-refractivity contribution is -0.119. The molecule has 0 saturated carbocycles. The number of nitrogens with two attached hydrogens (primary N) is 1. The van der Waals surface area contributed by atoms with Crippen LogP contribution < -0.4 is 5.73 Å². The van der Waals surface area contributed by atoms with Crippen molar-refractivity contribution in [2.45, 2.75) is 24.1 Å². The average molecular weight is 263 g/mol. The second-order valence-electron chi connectivity index (χ2n) is 4.27. The van der Waals surface area contributed by atoms with Gasteiger partial charge in [-0.2, -0.15) is 0 Å². The number of hydrogen-bond donors (Lipinski definition) is 1. The number of thioether (sulfide) groups is 1. The van der Waals surface area contributed by atoms with Gasteiger partial charge in [0.2, 0.25) is 0 Å². The maximum absolute atomic E-state index is 12.3. The summed E-state index contributed by atoms with van der Waals surface area (Å²) in [7, 11) is 0. The maximum Gasteiger partial charge on any atom is 0.177 e. The fourth-order valence-corrected chi connectivity index (χ4v) is 3.34. The van der Waals surface area contributed by atoms with Crippen LogP contribution in [0, 0.1) is 5.92 Å². The number of carbonyl (C=O) groups excluding carboxylic acids is 3. The number of carbonyl (C=O) groups is 3. The van der Waals surface area contributed by atoms with Crippen molar-refractivity contribution in [3.05, 3.63) is 29.3 Å². The molecule has 0 fully saturated rings. The molecule has 2 atom stereocenters. The van der Waals surface area contributed by atoms with Crippen LogP contribution >= 0.6 is 11.8 Å². The molecular weight excluding hydrogens is 250 g/mol. The minimum absolute atomic E-state index is 0.182. The SMILES string of the molecule is CC(=O)c1cccc2c1C(=O)C(C(C)=O)C(N)S2. The Morgan fingerprint density at radius 3 is 2.50 bits per heavy atom. The zero-order valence-electron chi connectivity index (χ0n) is 10.1. The van der Waals surface area contributed by atoms with Crippen LogP contribution in [0.2, 0.25) is 0 Å². The van der Waals surface area contributed by atoms with Crippen LogP contribution in [-0.2, 0) is 4.79 Å². The summed E-state index contributed by atoms with van der Waals surface area (Å²) in [5.74, 6) is -1.64. The predicted octanol–water partition coefficient (Wildman–Crippen LogP) is 1.67. The third-order valence-electron chi connectivity index (χ3n) is 2.96. The van der Waals surface area contributed by atoms with Crippen LogP contribution in [-0.4, -0.2) is 22.7 Å². The number of rotatable bonds is 2. The maximum atomic E-state index is 12.3. The lowest BCUT2D eigenvalue weighted by atomic mass is 9.89. The molecule has 2 unspecified atom stereocenters. The normalized spacial score (nSPS) is 22.5. The Labute approximate surface area is 109 Å². The molecule has 1 aromatic rings. The molecule has 0 spiro atoms. The van der Waals surface area contributed by atoms with Crippen molar-refractivity contribution in [3.63, 3.8) is 0 Å². The van der Waals surface area contributed by atoms with Gasteiger partial charge in [-0.1, -0.05) is 12.1 Å². The first kappa shape index (κ1) is 13.0. The van der Waals surface area contributed by atoms with Gasteiger partial charge in [0.05, 0.1) is 5.37 Å². The highest BCUT2D eigenvalue weighted by Crippen LogP contribution is 2.38. The Kier molecular flexibility index (Phi) is 3.36. The topological polar surface area (TPSA) is 77.2 Å². The molecule has 2 rings (SSSR count). The summed E-state index contributed by atoms with van der Waals surface area (Å²) in [4.78, 5) is 36.1. The second kappa shape index (κ2) is 4.66. The van der Waals surface area contributed by atoms with Crippen LogP contribution in [0.3, 0.4) is 0 Å². The van der Waals surface area contributed by atoms with E-state index in [4.69, 9.17) is 5.73 Å². The first-order valence-corrected chi connectivity index (χ1v) is 6.42. The van der Waals surface area contributed by atoms with Crippen molar-refractivity contribution in [2.75, 3.05) is 0 Å². The van der Waals surface area contributed by atoms with Crippen molar-refractivity contribution in [1.29, 1.82) is 0 Å². The summed E-state index contributed by atoms with van der Waals surface area (Å²) in [5.41, 5.74) is 6.56. The molecule has 0 bridgehead atoms. The van der Waals surface area contributed by atoms with E-state index in [-0.39, 0.29) is 17.3 Å². The minimum Gasteiger partial charge on any atom is -0.318 e. The summed E-state index contributed by atoms with van der Waals surface area (Å²) in [6, 6.07) is 5.07. The average Bonchev–Trinajstić information content (AvgIpc) is 2.27. The van der Waals surface area contributed by atoms with E-state index in [2.05, 4.69) is 0 Å². The predicted molar refractivity (Wildman–Crippen MR) is 68.8 cm³/mol. The molecule has 1 aliphatic heterocycles. The molecule has 0 saturated heterocycles. The van der Waals surface area contributed by atoms with E-state index >= 15 is 0 Å². The summed E-state index contributed by atoms with van der Waals surface area (Å²) in [5, 5.41) is -0.579. The van der Waals surface area contributed by atoms with Crippen molar-refractivity contribution in [3.8, 4) is 0 Å². The van der Waals surface area contributed by atoms with Gasteiger partial charge < -0.3 is 5.73 Å². The summed E-state index contributed by atoms with van der Waals surface area (Å²) < 4.78 is 0. The van der Waals surface area contributed by atoms with Gasteiger partial charge in [-0.3, -0.25) is 14.4 Å². The third kappa shape index (κ3) is 2.00. The van der Waals surface area contributed by atoms with Gasteiger partial charge in [-0.05, 0) is 19.9 Å². The van der Waals surface area contributed by atoms with Crippen LogP contribution in [0.15, 0.2) is 23.1 Å². The number of fused-ring (bicyclic) bond motifs is 1. The molecule has 2 N–H and O–H groups in total. The Bertz CT molecular complexity index is 553. The number of Topliss-reactive ketones (excluding diaryl/α,β-unsaturated/α-hetero) is 3. The Morgan fingerprint density at radius 1 is 1.28 bits per heavy atom. The van der Waals surface area contributed by atoms with Crippen LogP contribution in [0.5, 0.6) is 0 Å². The van der Waals surface area contributed by atoms with Crippen molar-refractivity contribution >= 4 is 29.1 Å². The molecule has 0 amide bonds. The van der Waals surface area contributed by atoms with Gasteiger partial charge in [0, 0.05) is 16.0 Å². The van der Waals surface area contributed by atoms with Crippen molar-refractivity contribution < 1.29 is 14.4 Å². The molecule has 0 aliphatic carbocycles. The molecule has 1 heterocycles. The molecule has 18 heavy (non-hydrogen) atoms. The van der Waals surface area contributed by atoms with Gasteiger partial charge in [0.15, 0.2) is 11.6 Å². The van der Waals surface area contributed by atoms with Gasteiger partial charge in [0.1, 0.15) is 11.7 Å². The molecule has 0 radical (unpaired) electrons. The second-order valence-corrected chi connectivity index (χ2v) is 5.49. The fraction of sp³-hybridized carbons (Fsp3) is 0.308. The fourth-order valence-electron chi connectivity index (χ4n) is 2.11. The van der Waals surface area contributed by atoms with E-state index < -0.39 is 11.3 Å². The number of hydrogen-bond acceptors (Lipinski definition) is 5. The van der Waals surface area contributed by atoms with Crippen LogP contribution in [0.4, 0.5) is 0 Å². The van der Waals surface area contributed by atoms with E-state index in [0.717, 1.165) is 0 Å². The van der Waals surface area contributed by atoms with E-state index in [1.54, 1.807) is 18.2 Å². The zero-order valence-corrected chi connectivity index (χ0v) is 10.9. The summed E-state index contributed by atoms with van der Waals surface area (Å²) in [6.07, 6.45) is 0. The summed E-state index contributed by atoms with van der Waals surface area (Å²) >= 11 is 1.27.